The minimum absolute atomic E-state index is 0.0277. The smallest absolute Gasteiger partial charge is 0.0772 e. The van der Waals surface area contributed by atoms with E-state index in [4.69, 9.17) is 10.5 Å². The minimum atomic E-state index is -0.331. The maximum Gasteiger partial charge on any atom is 0.0772 e. The molecule has 0 radical (unpaired) electrons. The highest BCUT2D eigenvalue weighted by Crippen LogP contribution is 2.25. The first-order valence-electron chi connectivity index (χ1n) is 6.35. The molecule has 18 heavy (non-hydrogen) atoms. The van der Waals surface area contributed by atoms with Crippen LogP contribution < -0.4 is 0 Å². The summed E-state index contributed by atoms with van der Waals surface area (Å²) in [5, 5.41) is 26.4. The SMILES string of the molecule is CC(C#N)CC(C)(C)/N=N/C(C)(C)CC(C)C#N. The van der Waals surface area contributed by atoms with Crippen molar-refractivity contribution in [3.63, 3.8) is 0 Å². The van der Waals surface area contributed by atoms with Gasteiger partial charge in [0.15, 0.2) is 0 Å². The molecular formula is C14H24N4. The van der Waals surface area contributed by atoms with Crippen molar-refractivity contribution in [2.45, 2.75) is 65.5 Å². The van der Waals surface area contributed by atoms with E-state index in [0.717, 1.165) is 0 Å². The summed E-state index contributed by atoms with van der Waals surface area (Å²) in [6.07, 6.45) is 1.38. The van der Waals surface area contributed by atoms with Crippen LogP contribution in [-0.4, -0.2) is 11.1 Å². The molecule has 0 N–H and O–H groups in total. The molecule has 0 aromatic rings. The number of rotatable bonds is 6. The van der Waals surface area contributed by atoms with Gasteiger partial charge in [0, 0.05) is 11.8 Å². The van der Waals surface area contributed by atoms with Crippen LogP contribution in [0.15, 0.2) is 10.2 Å². The van der Waals surface area contributed by atoms with Crippen LogP contribution in [0.3, 0.4) is 0 Å². The summed E-state index contributed by atoms with van der Waals surface area (Å²) in [7, 11) is 0. The fraction of sp³-hybridized carbons (Fsp3) is 0.857. The minimum Gasteiger partial charge on any atom is -0.198 e. The third kappa shape index (κ3) is 7.01. The Hall–Kier alpha value is -1.42. The monoisotopic (exact) mass is 248 g/mol. The Labute approximate surface area is 111 Å². The molecular weight excluding hydrogens is 224 g/mol. The van der Waals surface area contributed by atoms with Gasteiger partial charge in [-0.25, -0.2) is 0 Å². The van der Waals surface area contributed by atoms with Crippen LogP contribution in [0.1, 0.15) is 54.4 Å². The van der Waals surface area contributed by atoms with Gasteiger partial charge < -0.3 is 0 Å². The predicted molar refractivity (Wildman–Crippen MR) is 71.8 cm³/mol. The topological polar surface area (TPSA) is 72.3 Å². The molecule has 0 spiro atoms. The Morgan fingerprint density at radius 3 is 1.33 bits per heavy atom. The molecule has 0 saturated carbocycles. The molecule has 0 amide bonds. The van der Waals surface area contributed by atoms with Crippen molar-refractivity contribution in [1.82, 2.24) is 0 Å². The first-order chi connectivity index (χ1) is 8.12. The number of azo groups is 1. The Bertz CT molecular complexity index is 332. The summed E-state index contributed by atoms with van der Waals surface area (Å²) in [4.78, 5) is 0. The molecule has 0 fully saturated rings. The van der Waals surface area contributed by atoms with Crippen LogP contribution in [0.25, 0.3) is 0 Å². The highest BCUT2D eigenvalue weighted by atomic mass is 15.2. The number of hydrogen-bond acceptors (Lipinski definition) is 4. The summed E-state index contributed by atoms with van der Waals surface area (Å²) in [6, 6.07) is 4.43. The van der Waals surface area contributed by atoms with Gasteiger partial charge in [-0.15, -0.1) is 0 Å². The number of nitriles is 2. The molecule has 0 aliphatic heterocycles. The van der Waals surface area contributed by atoms with Crippen LogP contribution in [0.2, 0.25) is 0 Å². The summed E-state index contributed by atoms with van der Waals surface area (Å²) >= 11 is 0. The van der Waals surface area contributed by atoms with Gasteiger partial charge in [0.25, 0.3) is 0 Å². The lowest BCUT2D eigenvalue weighted by molar-refractivity contribution is 0.353. The maximum atomic E-state index is 8.82. The fourth-order valence-corrected chi connectivity index (χ4v) is 1.94. The van der Waals surface area contributed by atoms with Gasteiger partial charge in [-0.05, 0) is 54.4 Å². The highest BCUT2D eigenvalue weighted by Gasteiger charge is 2.24. The van der Waals surface area contributed by atoms with Crippen molar-refractivity contribution in [3.8, 4) is 12.1 Å². The second-order valence-electron chi connectivity index (χ2n) is 6.29. The molecule has 0 saturated heterocycles. The first-order valence-corrected chi connectivity index (χ1v) is 6.35. The van der Waals surface area contributed by atoms with E-state index >= 15 is 0 Å². The van der Waals surface area contributed by atoms with Crippen LogP contribution in [0.4, 0.5) is 0 Å². The molecule has 0 heterocycles. The van der Waals surface area contributed by atoms with Crippen molar-refractivity contribution in [2.24, 2.45) is 22.1 Å². The van der Waals surface area contributed by atoms with Crippen molar-refractivity contribution < 1.29 is 0 Å². The maximum absolute atomic E-state index is 8.82. The van der Waals surface area contributed by atoms with Gasteiger partial charge in [-0.1, -0.05) is 0 Å². The average molecular weight is 248 g/mol. The highest BCUT2D eigenvalue weighted by molar-refractivity contribution is 4.91. The van der Waals surface area contributed by atoms with E-state index in [1.165, 1.54) is 0 Å². The lowest BCUT2D eigenvalue weighted by Crippen LogP contribution is -2.24. The fourth-order valence-electron chi connectivity index (χ4n) is 1.94. The van der Waals surface area contributed by atoms with Gasteiger partial charge in [0.1, 0.15) is 0 Å². The molecule has 0 aromatic heterocycles. The zero-order chi connectivity index (χ0) is 14.4. The van der Waals surface area contributed by atoms with Gasteiger partial charge in [0.05, 0.1) is 23.2 Å². The van der Waals surface area contributed by atoms with Crippen molar-refractivity contribution >= 4 is 0 Å². The third-order valence-corrected chi connectivity index (χ3v) is 2.64. The molecule has 0 rings (SSSR count). The van der Waals surface area contributed by atoms with Crippen molar-refractivity contribution in [2.75, 3.05) is 0 Å². The predicted octanol–water partition coefficient (Wildman–Crippen LogP) is 4.10. The van der Waals surface area contributed by atoms with Gasteiger partial charge >= 0.3 is 0 Å². The largest absolute Gasteiger partial charge is 0.198 e. The van der Waals surface area contributed by atoms with E-state index in [0.29, 0.717) is 12.8 Å². The quantitative estimate of drug-likeness (QED) is 0.664. The zero-order valence-corrected chi connectivity index (χ0v) is 12.4. The van der Waals surface area contributed by atoms with E-state index in [2.05, 4.69) is 22.4 Å². The summed E-state index contributed by atoms with van der Waals surface area (Å²) in [6.45, 7) is 11.7. The molecule has 0 aliphatic rings. The normalized spacial score (nSPS) is 16.0. The number of hydrogen-bond donors (Lipinski definition) is 0. The van der Waals surface area contributed by atoms with E-state index in [1.54, 1.807) is 0 Å². The second-order valence-corrected chi connectivity index (χ2v) is 6.29. The van der Waals surface area contributed by atoms with E-state index in [9.17, 15) is 0 Å². The molecule has 100 valence electrons. The van der Waals surface area contributed by atoms with Crippen LogP contribution >= 0.6 is 0 Å². The summed E-state index contributed by atoms with van der Waals surface area (Å²) in [5.74, 6) is -0.0554. The van der Waals surface area contributed by atoms with Gasteiger partial charge in [-0.2, -0.15) is 20.8 Å². The van der Waals surface area contributed by atoms with E-state index in [-0.39, 0.29) is 22.9 Å². The zero-order valence-electron chi connectivity index (χ0n) is 12.4. The van der Waals surface area contributed by atoms with Crippen molar-refractivity contribution in [1.29, 1.82) is 10.5 Å². The molecule has 2 atom stereocenters. The Balaban J connectivity index is 4.62. The Kier molecular flexibility index (Phi) is 5.98. The Morgan fingerprint density at radius 1 is 0.833 bits per heavy atom. The van der Waals surface area contributed by atoms with Crippen LogP contribution in [0, 0.1) is 34.5 Å². The lowest BCUT2D eigenvalue weighted by Gasteiger charge is -2.24. The van der Waals surface area contributed by atoms with Crippen LogP contribution in [-0.2, 0) is 0 Å². The molecule has 0 aliphatic carbocycles. The lowest BCUT2D eigenvalue weighted by atomic mass is 9.92. The molecule has 0 bridgehead atoms. The van der Waals surface area contributed by atoms with Gasteiger partial charge in [0.2, 0.25) is 0 Å². The summed E-state index contributed by atoms with van der Waals surface area (Å²) in [5.41, 5.74) is -0.662. The third-order valence-electron chi connectivity index (χ3n) is 2.64. The molecule has 2 unspecified atom stereocenters. The number of nitrogens with zero attached hydrogens (tertiary/aromatic N) is 4. The second kappa shape index (κ2) is 6.50. The standard InChI is InChI=1S/C14H24N4/c1-11(9-15)7-13(3,4)17-18-14(5,6)8-12(2)10-16/h11-12H,7-8H2,1-6H3/b18-17+. The summed E-state index contributed by atoms with van der Waals surface area (Å²) < 4.78 is 0. The van der Waals surface area contributed by atoms with E-state index in [1.807, 2.05) is 41.5 Å². The molecule has 4 nitrogen and oxygen atoms in total. The molecule has 0 aromatic carbocycles. The first kappa shape index (κ1) is 16.6. The van der Waals surface area contributed by atoms with Crippen LogP contribution in [0.5, 0.6) is 0 Å². The van der Waals surface area contributed by atoms with E-state index < -0.39 is 0 Å². The van der Waals surface area contributed by atoms with Gasteiger partial charge in [-0.3, -0.25) is 0 Å². The molecule has 4 heteroatoms. The van der Waals surface area contributed by atoms with Crippen molar-refractivity contribution in [3.05, 3.63) is 0 Å². The average Bonchev–Trinajstić information content (AvgIpc) is 2.25. The Morgan fingerprint density at radius 2 is 1.11 bits per heavy atom.